The third-order valence-corrected chi connectivity index (χ3v) is 4.29. The van der Waals surface area contributed by atoms with Crippen LogP contribution in [0.2, 0.25) is 0 Å². The number of amides is 1. The van der Waals surface area contributed by atoms with E-state index in [1.54, 1.807) is 12.4 Å². The number of carbonyl (C=O) groups is 1. The van der Waals surface area contributed by atoms with Gasteiger partial charge in [-0.25, -0.2) is 0 Å². The van der Waals surface area contributed by atoms with Crippen molar-refractivity contribution in [1.29, 1.82) is 0 Å². The van der Waals surface area contributed by atoms with E-state index in [4.69, 9.17) is 0 Å². The molecule has 2 unspecified atom stereocenters. The monoisotopic (exact) mass is 284 g/mol. The number of para-hydroxylation sites is 1. The Kier molecular flexibility index (Phi) is 3.84. The fourth-order valence-corrected chi connectivity index (χ4v) is 3.09. The Balaban J connectivity index is 1.88. The van der Waals surface area contributed by atoms with Gasteiger partial charge in [0.15, 0.2) is 0 Å². The van der Waals surface area contributed by atoms with Crippen LogP contribution in [0, 0.1) is 5.92 Å². The first-order chi connectivity index (χ1) is 10.2. The predicted octanol–water partition coefficient (Wildman–Crippen LogP) is 1.70. The molecule has 5 nitrogen and oxygen atoms in total. The van der Waals surface area contributed by atoms with Gasteiger partial charge in [0.25, 0.3) is 5.91 Å². The van der Waals surface area contributed by atoms with Gasteiger partial charge in [-0.1, -0.05) is 13.0 Å². The molecular weight excluding hydrogens is 264 g/mol. The molecule has 0 spiro atoms. The summed E-state index contributed by atoms with van der Waals surface area (Å²) in [5.74, 6) is 0.510. The first-order valence-corrected chi connectivity index (χ1v) is 7.37. The Labute approximate surface area is 124 Å². The van der Waals surface area contributed by atoms with Crippen LogP contribution in [-0.4, -0.2) is 47.0 Å². The van der Waals surface area contributed by atoms with Crippen LogP contribution in [0.5, 0.6) is 0 Å². The average molecular weight is 284 g/mol. The fourth-order valence-electron chi connectivity index (χ4n) is 3.09. The highest BCUT2D eigenvalue weighted by Crippen LogP contribution is 2.21. The van der Waals surface area contributed by atoms with Crippen molar-refractivity contribution in [3.63, 3.8) is 0 Å². The summed E-state index contributed by atoms with van der Waals surface area (Å²) < 4.78 is 0. The van der Waals surface area contributed by atoms with E-state index in [1.807, 2.05) is 30.1 Å². The smallest absolute Gasteiger partial charge is 0.256 e. The zero-order valence-electron chi connectivity index (χ0n) is 12.4. The molecule has 21 heavy (non-hydrogen) atoms. The zero-order valence-corrected chi connectivity index (χ0v) is 12.4. The molecule has 1 aromatic carbocycles. The minimum Gasteiger partial charge on any atom is -0.338 e. The summed E-state index contributed by atoms with van der Waals surface area (Å²) in [5, 5.41) is 3.32. The highest BCUT2D eigenvalue weighted by atomic mass is 16.2. The van der Waals surface area contributed by atoms with E-state index < -0.39 is 0 Å². The predicted molar refractivity (Wildman–Crippen MR) is 82.1 cm³/mol. The lowest BCUT2D eigenvalue weighted by atomic mass is 9.93. The second-order valence-electron chi connectivity index (χ2n) is 5.64. The van der Waals surface area contributed by atoms with Crippen molar-refractivity contribution in [2.75, 3.05) is 20.1 Å². The molecule has 5 heteroatoms. The van der Waals surface area contributed by atoms with E-state index in [1.165, 1.54) is 0 Å². The molecule has 0 radical (unpaired) electrons. The number of carbonyl (C=O) groups excluding carboxylic acids is 1. The van der Waals surface area contributed by atoms with Crippen molar-refractivity contribution in [1.82, 2.24) is 20.2 Å². The Morgan fingerprint density at radius 2 is 2.14 bits per heavy atom. The highest BCUT2D eigenvalue weighted by Gasteiger charge is 2.28. The van der Waals surface area contributed by atoms with Crippen molar-refractivity contribution in [2.24, 2.45) is 5.92 Å². The van der Waals surface area contributed by atoms with E-state index in [0.29, 0.717) is 23.0 Å². The van der Waals surface area contributed by atoms with Crippen molar-refractivity contribution >= 4 is 16.9 Å². The fraction of sp³-hybridized carbons (Fsp3) is 0.438. The molecular formula is C16H20N4O. The van der Waals surface area contributed by atoms with Crippen LogP contribution in [0.1, 0.15) is 23.7 Å². The van der Waals surface area contributed by atoms with Gasteiger partial charge in [0.05, 0.1) is 11.1 Å². The van der Waals surface area contributed by atoms with Crippen LogP contribution in [0.25, 0.3) is 11.0 Å². The summed E-state index contributed by atoms with van der Waals surface area (Å²) >= 11 is 0. The molecule has 2 aromatic rings. The summed E-state index contributed by atoms with van der Waals surface area (Å²) in [6.45, 7) is 3.75. The molecule has 1 aliphatic heterocycles. The SMILES string of the molecule is CNC1CCN(C(=O)c2cccc3nccnc23)CC1C. The van der Waals surface area contributed by atoms with Crippen molar-refractivity contribution < 1.29 is 4.79 Å². The van der Waals surface area contributed by atoms with Gasteiger partial charge in [-0.15, -0.1) is 0 Å². The second-order valence-corrected chi connectivity index (χ2v) is 5.64. The van der Waals surface area contributed by atoms with Crippen LogP contribution in [0.3, 0.4) is 0 Å². The van der Waals surface area contributed by atoms with Gasteiger partial charge in [-0.2, -0.15) is 0 Å². The lowest BCUT2D eigenvalue weighted by molar-refractivity contribution is 0.0651. The number of benzene rings is 1. The Morgan fingerprint density at radius 1 is 1.33 bits per heavy atom. The minimum atomic E-state index is 0.0579. The normalized spacial score (nSPS) is 22.5. The Hall–Kier alpha value is -2.01. The van der Waals surface area contributed by atoms with Gasteiger partial charge in [0.1, 0.15) is 5.52 Å². The molecule has 1 amide bonds. The Bertz CT molecular complexity index is 652. The molecule has 110 valence electrons. The maximum Gasteiger partial charge on any atom is 0.256 e. The second kappa shape index (κ2) is 5.77. The number of nitrogens with one attached hydrogen (secondary N) is 1. The first-order valence-electron chi connectivity index (χ1n) is 7.37. The number of likely N-dealkylation sites (tertiary alicyclic amines) is 1. The number of piperidine rings is 1. The van der Waals surface area contributed by atoms with Crippen LogP contribution in [0.15, 0.2) is 30.6 Å². The standard InChI is InChI=1S/C16H20N4O/c1-11-10-20(9-6-13(11)17-2)16(21)12-4-3-5-14-15(12)19-8-7-18-14/h3-5,7-8,11,13,17H,6,9-10H2,1-2H3. The number of nitrogens with zero attached hydrogens (tertiary/aromatic N) is 3. The van der Waals surface area contributed by atoms with Crippen LogP contribution in [-0.2, 0) is 0 Å². The van der Waals surface area contributed by atoms with Gasteiger partial charge < -0.3 is 10.2 Å². The minimum absolute atomic E-state index is 0.0579. The number of aromatic nitrogens is 2. The molecule has 2 heterocycles. The van der Waals surface area contributed by atoms with Crippen LogP contribution >= 0.6 is 0 Å². The third kappa shape index (κ3) is 2.61. The van der Waals surface area contributed by atoms with Gasteiger partial charge in [0, 0.05) is 31.5 Å². The molecule has 3 rings (SSSR count). The molecule has 0 aliphatic carbocycles. The van der Waals surface area contributed by atoms with E-state index in [-0.39, 0.29) is 5.91 Å². The molecule has 0 bridgehead atoms. The van der Waals surface area contributed by atoms with E-state index in [0.717, 1.165) is 25.0 Å². The van der Waals surface area contributed by atoms with E-state index >= 15 is 0 Å². The molecule has 2 atom stereocenters. The summed E-state index contributed by atoms with van der Waals surface area (Å²) in [4.78, 5) is 23.3. The largest absolute Gasteiger partial charge is 0.338 e. The topological polar surface area (TPSA) is 58.1 Å². The molecule has 1 aliphatic rings. The molecule has 0 saturated carbocycles. The van der Waals surface area contributed by atoms with Crippen LogP contribution in [0.4, 0.5) is 0 Å². The lowest BCUT2D eigenvalue weighted by Gasteiger charge is -2.36. The highest BCUT2D eigenvalue weighted by molar-refractivity contribution is 6.04. The van der Waals surface area contributed by atoms with Gasteiger partial charge in [-0.05, 0) is 31.5 Å². The maximum atomic E-state index is 12.8. The van der Waals surface area contributed by atoms with E-state index in [9.17, 15) is 4.79 Å². The number of hydrogen-bond donors (Lipinski definition) is 1. The quantitative estimate of drug-likeness (QED) is 0.912. The number of fused-ring (bicyclic) bond motifs is 1. The van der Waals surface area contributed by atoms with Gasteiger partial charge in [-0.3, -0.25) is 14.8 Å². The zero-order chi connectivity index (χ0) is 14.8. The maximum absolute atomic E-state index is 12.8. The summed E-state index contributed by atoms with van der Waals surface area (Å²) in [6, 6.07) is 6.08. The molecule has 1 saturated heterocycles. The number of rotatable bonds is 2. The first kappa shape index (κ1) is 13.9. The molecule has 1 N–H and O–H groups in total. The van der Waals surface area contributed by atoms with Gasteiger partial charge in [0.2, 0.25) is 0 Å². The molecule has 1 fully saturated rings. The average Bonchev–Trinajstić information content (AvgIpc) is 2.53. The summed E-state index contributed by atoms with van der Waals surface area (Å²) in [6.07, 6.45) is 4.27. The number of hydrogen-bond acceptors (Lipinski definition) is 4. The van der Waals surface area contributed by atoms with Gasteiger partial charge >= 0.3 is 0 Å². The van der Waals surface area contributed by atoms with Crippen LogP contribution < -0.4 is 5.32 Å². The third-order valence-electron chi connectivity index (χ3n) is 4.29. The molecule has 1 aromatic heterocycles. The van der Waals surface area contributed by atoms with Crippen molar-refractivity contribution in [3.05, 3.63) is 36.2 Å². The summed E-state index contributed by atoms with van der Waals surface area (Å²) in [7, 11) is 1.99. The van der Waals surface area contributed by atoms with Crippen molar-refractivity contribution in [2.45, 2.75) is 19.4 Å². The van der Waals surface area contributed by atoms with Crippen molar-refractivity contribution in [3.8, 4) is 0 Å². The lowest BCUT2D eigenvalue weighted by Crippen LogP contribution is -2.49. The Morgan fingerprint density at radius 3 is 2.90 bits per heavy atom. The summed E-state index contributed by atoms with van der Waals surface area (Å²) in [5.41, 5.74) is 2.10. The van der Waals surface area contributed by atoms with E-state index in [2.05, 4.69) is 22.2 Å².